The van der Waals surface area contributed by atoms with Crippen LogP contribution in [0, 0.1) is 0 Å². The highest BCUT2D eigenvalue weighted by Gasteiger charge is 2.29. The van der Waals surface area contributed by atoms with Crippen molar-refractivity contribution in [3.8, 4) is 0 Å². The second-order valence-electron chi connectivity index (χ2n) is 7.67. The molecule has 0 saturated carbocycles. The van der Waals surface area contributed by atoms with Gasteiger partial charge in [0.05, 0.1) is 20.2 Å². The lowest BCUT2D eigenvalue weighted by Gasteiger charge is -2.28. The van der Waals surface area contributed by atoms with Crippen molar-refractivity contribution in [1.82, 2.24) is 10.2 Å². The smallest absolute Gasteiger partial charge is 0.408 e. The van der Waals surface area contributed by atoms with E-state index in [1.165, 1.54) is 7.11 Å². The van der Waals surface area contributed by atoms with Gasteiger partial charge in [-0.1, -0.05) is 12.1 Å². The molecular formula is C21H28N2O5S2. The zero-order chi connectivity index (χ0) is 22.1. The summed E-state index contributed by atoms with van der Waals surface area (Å²) in [5.41, 5.74) is -0.701. The summed E-state index contributed by atoms with van der Waals surface area (Å²) in [6, 6.07) is 6.89. The summed E-state index contributed by atoms with van der Waals surface area (Å²) in [5, 5.41) is 6.55. The van der Waals surface area contributed by atoms with Crippen molar-refractivity contribution in [1.29, 1.82) is 0 Å². The Morgan fingerprint density at radius 3 is 2.07 bits per heavy atom. The molecular weight excluding hydrogens is 424 g/mol. The fourth-order valence-electron chi connectivity index (χ4n) is 2.68. The summed E-state index contributed by atoms with van der Waals surface area (Å²) in [4.78, 5) is 41.1. The van der Waals surface area contributed by atoms with Gasteiger partial charge in [0.15, 0.2) is 0 Å². The zero-order valence-corrected chi connectivity index (χ0v) is 19.3. The molecule has 1 atom stereocenters. The molecule has 0 radical (unpaired) electrons. The van der Waals surface area contributed by atoms with Crippen LogP contribution in [0.1, 0.15) is 43.4 Å². The minimum Gasteiger partial charge on any atom is -0.469 e. The Bertz CT molecular complexity index is 777. The molecule has 7 nitrogen and oxygen atoms in total. The van der Waals surface area contributed by atoms with Crippen LogP contribution in [0.4, 0.5) is 4.79 Å². The summed E-state index contributed by atoms with van der Waals surface area (Å²) < 4.78 is 10.0. The van der Waals surface area contributed by atoms with Gasteiger partial charge in [0.25, 0.3) is 0 Å². The van der Waals surface area contributed by atoms with Gasteiger partial charge in [-0.05, 0) is 50.1 Å². The predicted molar refractivity (Wildman–Crippen MR) is 117 cm³/mol. The number of methoxy groups -OCH3 is 1. The fraction of sp³-hybridized carbons (Fsp3) is 0.476. The normalized spacial score (nSPS) is 12.1. The molecule has 2 aromatic rings. The van der Waals surface area contributed by atoms with Crippen LogP contribution in [0.2, 0.25) is 0 Å². The molecule has 1 N–H and O–H groups in total. The lowest BCUT2D eigenvalue weighted by atomic mass is 10.1. The number of amides is 2. The van der Waals surface area contributed by atoms with E-state index in [1.807, 2.05) is 35.0 Å². The van der Waals surface area contributed by atoms with E-state index in [2.05, 4.69) is 5.32 Å². The molecule has 9 heteroatoms. The number of carbonyl (C=O) groups is 3. The Morgan fingerprint density at radius 2 is 1.63 bits per heavy atom. The minimum atomic E-state index is -0.904. The van der Waals surface area contributed by atoms with E-state index in [0.717, 1.165) is 9.75 Å². The summed E-state index contributed by atoms with van der Waals surface area (Å²) in [6.45, 7) is 6.07. The van der Waals surface area contributed by atoms with E-state index in [-0.39, 0.29) is 18.7 Å². The number of carbonyl (C=O) groups excluding carboxylic acids is 3. The number of esters is 1. The van der Waals surface area contributed by atoms with E-state index in [4.69, 9.17) is 9.47 Å². The molecule has 0 aliphatic rings. The number of nitrogens with one attached hydrogen (secondary N) is 1. The van der Waals surface area contributed by atoms with Crippen LogP contribution in [0.25, 0.3) is 0 Å². The first kappa shape index (κ1) is 23.9. The minimum absolute atomic E-state index is 0.00848. The highest BCUT2D eigenvalue weighted by molar-refractivity contribution is 7.10. The van der Waals surface area contributed by atoms with Crippen molar-refractivity contribution in [2.45, 2.75) is 58.3 Å². The molecule has 0 spiro atoms. The lowest BCUT2D eigenvalue weighted by molar-refractivity contribution is -0.141. The molecule has 2 heterocycles. The molecule has 2 rings (SSSR count). The quantitative estimate of drug-likeness (QED) is 0.577. The van der Waals surface area contributed by atoms with Gasteiger partial charge < -0.3 is 19.7 Å². The van der Waals surface area contributed by atoms with Crippen LogP contribution in [0.15, 0.2) is 35.0 Å². The maximum absolute atomic E-state index is 13.4. The molecule has 0 bridgehead atoms. The third-order valence-electron chi connectivity index (χ3n) is 4.02. The summed E-state index contributed by atoms with van der Waals surface area (Å²) in [6.07, 6.45) is -0.567. The molecule has 0 saturated heterocycles. The van der Waals surface area contributed by atoms with Crippen LogP contribution in [0.5, 0.6) is 0 Å². The van der Waals surface area contributed by atoms with E-state index < -0.39 is 23.7 Å². The van der Waals surface area contributed by atoms with Crippen molar-refractivity contribution < 1.29 is 23.9 Å². The Labute approximate surface area is 185 Å². The maximum atomic E-state index is 13.4. The van der Waals surface area contributed by atoms with Gasteiger partial charge in [-0.15, -0.1) is 22.7 Å². The molecule has 0 aliphatic heterocycles. The topological polar surface area (TPSA) is 84.9 Å². The average molecular weight is 453 g/mol. The van der Waals surface area contributed by atoms with Crippen molar-refractivity contribution in [3.05, 3.63) is 44.8 Å². The molecule has 30 heavy (non-hydrogen) atoms. The summed E-state index contributed by atoms with van der Waals surface area (Å²) in [5.74, 6) is -0.714. The first-order valence-corrected chi connectivity index (χ1v) is 11.3. The number of alkyl carbamates (subject to hydrolysis) is 1. The molecule has 0 aliphatic carbocycles. The van der Waals surface area contributed by atoms with Gasteiger partial charge in [0.2, 0.25) is 5.91 Å². The van der Waals surface area contributed by atoms with E-state index in [1.54, 1.807) is 48.3 Å². The molecule has 0 fully saturated rings. The maximum Gasteiger partial charge on any atom is 0.408 e. The Balaban J connectivity index is 2.19. The largest absolute Gasteiger partial charge is 0.469 e. The van der Waals surface area contributed by atoms with E-state index in [9.17, 15) is 14.4 Å². The van der Waals surface area contributed by atoms with Gasteiger partial charge in [0, 0.05) is 16.2 Å². The number of nitrogens with zero attached hydrogens (tertiary/aromatic N) is 1. The zero-order valence-electron chi connectivity index (χ0n) is 17.7. The SMILES string of the molecule is COC(=O)CCC(NC(=O)OC(C)(C)C)C(=O)N(Cc1cccs1)Cc1cccs1. The van der Waals surface area contributed by atoms with Gasteiger partial charge in [0.1, 0.15) is 11.6 Å². The van der Waals surface area contributed by atoms with Crippen LogP contribution in [-0.4, -0.2) is 41.6 Å². The number of thiophene rings is 2. The van der Waals surface area contributed by atoms with Crippen molar-refractivity contribution in [2.75, 3.05) is 7.11 Å². The van der Waals surface area contributed by atoms with E-state index >= 15 is 0 Å². The highest BCUT2D eigenvalue weighted by atomic mass is 32.1. The third kappa shape index (κ3) is 8.16. The number of rotatable bonds is 9. The monoisotopic (exact) mass is 452 g/mol. The second-order valence-corrected chi connectivity index (χ2v) is 9.73. The third-order valence-corrected chi connectivity index (χ3v) is 5.74. The Morgan fingerprint density at radius 1 is 1.07 bits per heavy atom. The molecule has 2 aromatic heterocycles. The fourth-order valence-corrected chi connectivity index (χ4v) is 4.12. The first-order chi connectivity index (χ1) is 14.2. The Hall–Kier alpha value is -2.39. The summed E-state index contributed by atoms with van der Waals surface area (Å²) in [7, 11) is 1.29. The lowest BCUT2D eigenvalue weighted by Crippen LogP contribution is -2.49. The van der Waals surface area contributed by atoms with Crippen molar-refractivity contribution in [3.63, 3.8) is 0 Å². The van der Waals surface area contributed by atoms with Gasteiger partial charge in [-0.2, -0.15) is 0 Å². The van der Waals surface area contributed by atoms with E-state index in [0.29, 0.717) is 13.1 Å². The number of ether oxygens (including phenoxy) is 2. The molecule has 2 amide bonds. The van der Waals surface area contributed by atoms with Crippen molar-refractivity contribution in [2.24, 2.45) is 0 Å². The second kappa shape index (κ2) is 11.1. The first-order valence-electron chi connectivity index (χ1n) is 9.58. The predicted octanol–water partition coefficient (Wildman–Crippen LogP) is 4.18. The Kier molecular flexibility index (Phi) is 8.86. The standard InChI is InChI=1S/C21H28N2O5S2/c1-21(2,3)28-20(26)22-17(9-10-18(24)27-4)19(25)23(13-15-7-5-11-29-15)14-16-8-6-12-30-16/h5-8,11-12,17H,9-10,13-14H2,1-4H3,(H,22,26). The average Bonchev–Trinajstić information content (AvgIpc) is 3.36. The molecule has 1 unspecified atom stereocenters. The number of hydrogen-bond acceptors (Lipinski definition) is 7. The van der Waals surface area contributed by atoms with Crippen molar-refractivity contribution >= 4 is 40.6 Å². The summed E-state index contributed by atoms with van der Waals surface area (Å²) >= 11 is 3.12. The molecule has 164 valence electrons. The highest BCUT2D eigenvalue weighted by Crippen LogP contribution is 2.19. The van der Waals surface area contributed by atoms with Crippen LogP contribution < -0.4 is 5.32 Å². The van der Waals surface area contributed by atoms with Crippen LogP contribution in [-0.2, 0) is 32.2 Å². The van der Waals surface area contributed by atoms with Gasteiger partial charge in [-0.25, -0.2) is 4.79 Å². The molecule has 0 aromatic carbocycles. The van der Waals surface area contributed by atoms with Crippen LogP contribution in [0.3, 0.4) is 0 Å². The van der Waals surface area contributed by atoms with Gasteiger partial charge >= 0.3 is 12.1 Å². The van der Waals surface area contributed by atoms with Crippen LogP contribution >= 0.6 is 22.7 Å². The van der Waals surface area contributed by atoms with Gasteiger partial charge in [-0.3, -0.25) is 9.59 Å². The number of hydrogen-bond donors (Lipinski definition) is 1.